The Balaban J connectivity index is 4.10. The molecule has 0 aliphatic heterocycles. The molecule has 15 heavy (non-hydrogen) atoms. The Morgan fingerprint density at radius 2 is 2.00 bits per heavy atom. The topological polar surface area (TPSA) is 49.3 Å². The van der Waals surface area contributed by atoms with Gasteiger partial charge in [0.15, 0.2) is 0 Å². The number of hydrogen-bond donors (Lipinski definition) is 2. The van der Waals surface area contributed by atoms with E-state index in [2.05, 4.69) is 26.1 Å². The van der Waals surface area contributed by atoms with Crippen molar-refractivity contribution in [3.05, 3.63) is 11.6 Å². The van der Waals surface area contributed by atoms with Crippen molar-refractivity contribution in [3.63, 3.8) is 0 Å². The summed E-state index contributed by atoms with van der Waals surface area (Å²) in [5.41, 5.74) is 0.567. The molecule has 0 aliphatic rings. The van der Waals surface area contributed by atoms with Crippen molar-refractivity contribution < 1.29 is 9.90 Å². The minimum atomic E-state index is -0.812. The zero-order chi connectivity index (χ0) is 11.9. The fourth-order valence-corrected chi connectivity index (χ4v) is 1.55. The van der Waals surface area contributed by atoms with Gasteiger partial charge >= 0.3 is 5.97 Å². The largest absolute Gasteiger partial charge is 0.478 e. The highest BCUT2D eigenvalue weighted by atomic mass is 16.4. The number of hydrogen-bond acceptors (Lipinski definition) is 2. The Hall–Kier alpha value is -0.830. The van der Waals surface area contributed by atoms with Gasteiger partial charge in [-0.1, -0.05) is 26.3 Å². The van der Waals surface area contributed by atoms with E-state index in [0.717, 1.165) is 12.8 Å². The summed E-state index contributed by atoms with van der Waals surface area (Å²) in [5.74, 6) is -0.812. The van der Waals surface area contributed by atoms with Crippen LogP contribution in [-0.2, 0) is 4.79 Å². The van der Waals surface area contributed by atoms with Crippen molar-refractivity contribution >= 4 is 5.97 Å². The first-order valence-corrected chi connectivity index (χ1v) is 5.60. The van der Waals surface area contributed by atoms with E-state index >= 15 is 0 Å². The third-order valence-corrected chi connectivity index (χ3v) is 2.46. The van der Waals surface area contributed by atoms with Gasteiger partial charge in [-0.05, 0) is 26.7 Å². The van der Waals surface area contributed by atoms with Crippen LogP contribution < -0.4 is 5.32 Å². The highest BCUT2D eigenvalue weighted by molar-refractivity contribution is 5.86. The lowest BCUT2D eigenvalue weighted by Gasteiger charge is -2.25. The van der Waals surface area contributed by atoms with Crippen LogP contribution in [0.2, 0.25) is 0 Å². The van der Waals surface area contributed by atoms with Gasteiger partial charge in [-0.2, -0.15) is 0 Å². The van der Waals surface area contributed by atoms with Gasteiger partial charge in [-0.25, -0.2) is 4.79 Å². The number of rotatable bonds is 7. The van der Waals surface area contributed by atoms with Crippen LogP contribution in [-0.4, -0.2) is 23.2 Å². The Labute approximate surface area is 92.6 Å². The van der Waals surface area contributed by atoms with Gasteiger partial charge < -0.3 is 10.4 Å². The summed E-state index contributed by atoms with van der Waals surface area (Å²) in [6.07, 6.45) is 4.56. The van der Waals surface area contributed by atoms with Crippen LogP contribution in [0.3, 0.4) is 0 Å². The standard InChI is InChI=1S/C12H23NO2/c1-5-8-12(3,4)13-9-7-10(6-2)11(14)15/h7,13H,5-6,8-9H2,1-4H3,(H,14,15)/b10-7-. The predicted octanol–water partition coefficient (Wildman–Crippen LogP) is 2.58. The Bertz CT molecular complexity index is 232. The zero-order valence-electron chi connectivity index (χ0n) is 10.3. The number of aliphatic carboxylic acids is 1. The van der Waals surface area contributed by atoms with Gasteiger partial charge in [0, 0.05) is 17.7 Å². The Morgan fingerprint density at radius 3 is 2.40 bits per heavy atom. The van der Waals surface area contributed by atoms with Crippen molar-refractivity contribution in [1.29, 1.82) is 0 Å². The summed E-state index contributed by atoms with van der Waals surface area (Å²) in [4.78, 5) is 10.7. The predicted molar refractivity (Wildman–Crippen MR) is 63.0 cm³/mol. The lowest BCUT2D eigenvalue weighted by atomic mass is 9.99. The maximum absolute atomic E-state index is 10.7. The van der Waals surface area contributed by atoms with E-state index in [4.69, 9.17) is 5.11 Å². The van der Waals surface area contributed by atoms with E-state index in [0.29, 0.717) is 18.5 Å². The second kappa shape index (κ2) is 6.62. The number of nitrogens with one attached hydrogen (secondary N) is 1. The third-order valence-electron chi connectivity index (χ3n) is 2.46. The van der Waals surface area contributed by atoms with Gasteiger partial charge in [-0.15, -0.1) is 0 Å². The average molecular weight is 213 g/mol. The maximum atomic E-state index is 10.7. The van der Waals surface area contributed by atoms with Crippen LogP contribution in [0.5, 0.6) is 0 Å². The molecule has 0 heterocycles. The summed E-state index contributed by atoms with van der Waals surface area (Å²) in [5, 5.41) is 12.1. The van der Waals surface area contributed by atoms with Crippen molar-refractivity contribution in [2.24, 2.45) is 0 Å². The molecule has 0 unspecified atom stereocenters. The molecule has 2 N–H and O–H groups in total. The Morgan fingerprint density at radius 1 is 1.40 bits per heavy atom. The molecule has 0 bridgehead atoms. The number of carboxylic acids is 1. The quantitative estimate of drug-likeness (QED) is 0.639. The molecule has 0 saturated carbocycles. The molecule has 0 aromatic carbocycles. The van der Waals surface area contributed by atoms with E-state index in [1.54, 1.807) is 6.08 Å². The summed E-state index contributed by atoms with van der Waals surface area (Å²) in [6, 6.07) is 0. The first kappa shape index (κ1) is 14.2. The van der Waals surface area contributed by atoms with Gasteiger partial charge in [0.25, 0.3) is 0 Å². The maximum Gasteiger partial charge on any atom is 0.331 e. The molecule has 3 nitrogen and oxygen atoms in total. The van der Waals surface area contributed by atoms with Crippen LogP contribution >= 0.6 is 0 Å². The minimum absolute atomic E-state index is 0.0859. The molecule has 0 fully saturated rings. The molecule has 0 amide bonds. The van der Waals surface area contributed by atoms with Crippen molar-refractivity contribution in [2.45, 2.75) is 52.5 Å². The summed E-state index contributed by atoms with van der Waals surface area (Å²) in [7, 11) is 0. The molecular formula is C12H23NO2. The van der Waals surface area contributed by atoms with Crippen LogP contribution in [0.1, 0.15) is 47.0 Å². The molecule has 0 aromatic heterocycles. The monoisotopic (exact) mass is 213 g/mol. The highest BCUT2D eigenvalue weighted by Gasteiger charge is 2.14. The van der Waals surface area contributed by atoms with Crippen molar-refractivity contribution in [3.8, 4) is 0 Å². The fourth-order valence-electron chi connectivity index (χ4n) is 1.55. The van der Waals surface area contributed by atoms with Gasteiger partial charge in [0.1, 0.15) is 0 Å². The zero-order valence-corrected chi connectivity index (χ0v) is 10.3. The summed E-state index contributed by atoms with van der Waals surface area (Å²) in [6.45, 7) is 8.90. The molecule has 0 saturated heterocycles. The normalized spacial score (nSPS) is 12.9. The molecule has 0 spiro atoms. The van der Waals surface area contributed by atoms with Gasteiger partial charge in [0.05, 0.1) is 0 Å². The third kappa shape index (κ3) is 6.28. The molecule has 88 valence electrons. The SMILES string of the molecule is CCCC(C)(C)NC/C=C(/CC)C(=O)O. The summed E-state index contributed by atoms with van der Waals surface area (Å²) >= 11 is 0. The molecule has 0 aliphatic carbocycles. The van der Waals surface area contributed by atoms with Crippen LogP contribution in [0, 0.1) is 0 Å². The second-order valence-electron chi connectivity index (χ2n) is 4.40. The lowest BCUT2D eigenvalue weighted by molar-refractivity contribution is -0.132. The van der Waals surface area contributed by atoms with E-state index in [-0.39, 0.29) is 5.54 Å². The Kier molecular flexibility index (Phi) is 6.25. The molecular weight excluding hydrogens is 190 g/mol. The van der Waals surface area contributed by atoms with E-state index in [1.165, 1.54) is 0 Å². The molecule has 0 rings (SSSR count). The van der Waals surface area contributed by atoms with Crippen molar-refractivity contribution in [2.75, 3.05) is 6.54 Å². The van der Waals surface area contributed by atoms with E-state index in [1.807, 2.05) is 6.92 Å². The smallest absolute Gasteiger partial charge is 0.331 e. The molecule has 0 atom stereocenters. The van der Waals surface area contributed by atoms with Crippen LogP contribution in [0.4, 0.5) is 0 Å². The van der Waals surface area contributed by atoms with Gasteiger partial charge in [0.2, 0.25) is 0 Å². The average Bonchev–Trinajstić information content (AvgIpc) is 2.11. The first-order valence-electron chi connectivity index (χ1n) is 5.60. The minimum Gasteiger partial charge on any atom is -0.478 e. The molecule has 3 heteroatoms. The molecule has 0 aromatic rings. The van der Waals surface area contributed by atoms with Gasteiger partial charge in [-0.3, -0.25) is 0 Å². The highest BCUT2D eigenvalue weighted by Crippen LogP contribution is 2.10. The number of carbonyl (C=O) groups is 1. The molecule has 0 radical (unpaired) electrons. The van der Waals surface area contributed by atoms with Crippen LogP contribution in [0.25, 0.3) is 0 Å². The summed E-state index contributed by atoms with van der Waals surface area (Å²) < 4.78 is 0. The van der Waals surface area contributed by atoms with Crippen LogP contribution in [0.15, 0.2) is 11.6 Å². The van der Waals surface area contributed by atoms with E-state index < -0.39 is 5.97 Å². The second-order valence-corrected chi connectivity index (χ2v) is 4.40. The first-order chi connectivity index (χ1) is 6.93. The lowest BCUT2D eigenvalue weighted by Crippen LogP contribution is -2.39. The van der Waals surface area contributed by atoms with Crippen molar-refractivity contribution in [1.82, 2.24) is 5.32 Å². The number of carboxylic acid groups (broad SMARTS) is 1. The van der Waals surface area contributed by atoms with E-state index in [9.17, 15) is 4.79 Å². The fraction of sp³-hybridized carbons (Fsp3) is 0.750.